The van der Waals surface area contributed by atoms with Crippen LogP contribution in [0.4, 0.5) is 0 Å². The number of nitrogens with two attached hydrogens (primary N) is 1. The van der Waals surface area contributed by atoms with Gasteiger partial charge in [0, 0.05) is 5.56 Å². The van der Waals surface area contributed by atoms with Gasteiger partial charge in [0.05, 0.1) is 22.6 Å². The minimum absolute atomic E-state index is 0.0411. The van der Waals surface area contributed by atoms with Crippen molar-refractivity contribution < 1.29 is 17.7 Å². The van der Waals surface area contributed by atoms with Crippen LogP contribution in [-0.4, -0.2) is 20.7 Å². The summed E-state index contributed by atoms with van der Waals surface area (Å²) in [4.78, 5) is 0.0411. The monoisotopic (exact) mass is 378 g/mol. The van der Waals surface area contributed by atoms with Crippen LogP contribution < -0.4 is 9.88 Å². The van der Waals surface area contributed by atoms with Crippen LogP contribution >= 0.6 is 11.6 Å². The normalized spacial score (nSPS) is 11.5. The first-order chi connectivity index (χ1) is 11.8. The van der Waals surface area contributed by atoms with E-state index in [9.17, 15) is 8.42 Å². The molecule has 2 aromatic carbocycles. The summed E-state index contributed by atoms with van der Waals surface area (Å²) >= 11 is 6.19. The number of nitrogens with zero attached hydrogens (tertiary/aromatic N) is 1. The van der Waals surface area contributed by atoms with Gasteiger partial charge >= 0.3 is 0 Å². The third-order valence-electron chi connectivity index (χ3n) is 3.76. The molecule has 1 heterocycles. The summed E-state index contributed by atoms with van der Waals surface area (Å²) in [5.74, 6) is 1.16. The second kappa shape index (κ2) is 6.51. The Morgan fingerprint density at radius 1 is 1.12 bits per heavy atom. The van der Waals surface area contributed by atoms with E-state index < -0.39 is 10.0 Å². The predicted molar refractivity (Wildman–Crippen MR) is 95.0 cm³/mol. The van der Waals surface area contributed by atoms with Gasteiger partial charge in [0.1, 0.15) is 17.2 Å². The van der Waals surface area contributed by atoms with Crippen LogP contribution in [0.15, 0.2) is 51.9 Å². The summed E-state index contributed by atoms with van der Waals surface area (Å²) in [6.07, 6.45) is 0. The quantitative estimate of drug-likeness (QED) is 0.747. The molecule has 3 aromatic rings. The number of ether oxygens (including phenoxy) is 1. The fraction of sp³-hybridized carbons (Fsp3) is 0.118. The van der Waals surface area contributed by atoms with Crippen LogP contribution in [-0.2, 0) is 10.0 Å². The molecule has 0 atom stereocenters. The molecule has 0 radical (unpaired) electrons. The molecule has 0 unspecified atom stereocenters. The van der Waals surface area contributed by atoms with Gasteiger partial charge in [-0.1, -0.05) is 28.9 Å². The molecule has 8 heteroatoms. The molecular formula is C17H15ClN2O4S. The molecular weight excluding hydrogens is 364 g/mol. The first kappa shape index (κ1) is 17.5. The number of aromatic nitrogens is 1. The molecule has 0 aliphatic carbocycles. The largest absolute Gasteiger partial charge is 0.495 e. The topological polar surface area (TPSA) is 95.4 Å². The number of sulfonamides is 1. The standard InChI is InChI=1S/C17H15ClN2O4S/c1-10-16(11-3-6-13(7-4-11)25(19,21)22)17(20-24-10)12-5-8-15(23-2)14(18)9-12/h3-9H,1-2H3,(H2,19,21,22). The van der Waals surface area contributed by atoms with Gasteiger partial charge in [-0.2, -0.15) is 0 Å². The number of rotatable bonds is 4. The highest BCUT2D eigenvalue weighted by molar-refractivity contribution is 7.89. The second-order valence-corrected chi connectivity index (χ2v) is 7.35. The van der Waals surface area contributed by atoms with Crippen molar-refractivity contribution >= 4 is 21.6 Å². The summed E-state index contributed by atoms with van der Waals surface area (Å²) in [5.41, 5.74) is 2.87. The van der Waals surface area contributed by atoms with E-state index in [2.05, 4.69) is 5.16 Å². The van der Waals surface area contributed by atoms with E-state index in [4.69, 9.17) is 26.0 Å². The lowest BCUT2D eigenvalue weighted by molar-refractivity contribution is 0.400. The minimum atomic E-state index is -3.74. The van der Waals surface area contributed by atoms with Crippen LogP contribution in [0, 0.1) is 6.92 Å². The highest BCUT2D eigenvalue weighted by atomic mass is 35.5. The number of halogens is 1. The Hall–Kier alpha value is -2.35. The number of primary sulfonamides is 1. The second-order valence-electron chi connectivity index (χ2n) is 5.38. The SMILES string of the molecule is COc1ccc(-c2noc(C)c2-c2ccc(S(N)(=O)=O)cc2)cc1Cl. The third kappa shape index (κ3) is 3.39. The van der Waals surface area contributed by atoms with Gasteiger partial charge in [-0.05, 0) is 42.8 Å². The van der Waals surface area contributed by atoms with Crippen LogP contribution in [0.3, 0.4) is 0 Å². The molecule has 0 aliphatic rings. The summed E-state index contributed by atoms with van der Waals surface area (Å²) < 4.78 is 33.3. The molecule has 0 saturated carbocycles. The van der Waals surface area contributed by atoms with Gasteiger partial charge in [-0.3, -0.25) is 0 Å². The van der Waals surface area contributed by atoms with Crippen molar-refractivity contribution in [3.05, 3.63) is 53.2 Å². The van der Waals surface area contributed by atoms with E-state index in [1.165, 1.54) is 12.1 Å². The minimum Gasteiger partial charge on any atom is -0.495 e. The lowest BCUT2D eigenvalue weighted by atomic mass is 9.99. The van der Waals surface area contributed by atoms with Gasteiger partial charge < -0.3 is 9.26 Å². The van der Waals surface area contributed by atoms with Crippen LogP contribution in [0.5, 0.6) is 5.75 Å². The average molecular weight is 379 g/mol. The van der Waals surface area contributed by atoms with Crippen molar-refractivity contribution in [3.63, 3.8) is 0 Å². The van der Waals surface area contributed by atoms with E-state index in [0.29, 0.717) is 22.2 Å². The fourth-order valence-electron chi connectivity index (χ4n) is 2.53. The Labute approximate surface area is 150 Å². The Balaban J connectivity index is 2.10. The van der Waals surface area contributed by atoms with Crippen LogP contribution in [0.25, 0.3) is 22.4 Å². The summed E-state index contributed by atoms with van der Waals surface area (Å²) in [6.45, 7) is 1.78. The number of hydrogen-bond donors (Lipinski definition) is 1. The lowest BCUT2D eigenvalue weighted by Crippen LogP contribution is -2.11. The molecule has 0 amide bonds. The van der Waals surface area contributed by atoms with E-state index in [-0.39, 0.29) is 4.90 Å². The molecule has 6 nitrogen and oxygen atoms in total. The molecule has 0 bridgehead atoms. The van der Waals surface area contributed by atoms with Crippen LogP contribution in [0.2, 0.25) is 5.02 Å². The molecule has 0 saturated heterocycles. The van der Waals surface area contributed by atoms with Crippen molar-refractivity contribution in [1.29, 1.82) is 0 Å². The number of hydrogen-bond acceptors (Lipinski definition) is 5. The molecule has 0 aliphatic heterocycles. The van der Waals surface area contributed by atoms with E-state index in [0.717, 1.165) is 16.7 Å². The Morgan fingerprint density at radius 2 is 1.76 bits per heavy atom. The van der Waals surface area contributed by atoms with Gasteiger partial charge in [0.15, 0.2) is 0 Å². The molecule has 0 spiro atoms. The molecule has 25 heavy (non-hydrogen) atoms. The van der Waals surface area contributed by atoms with Gasteiger partial charge in [0.2, 0.25) is 10.0 Å². The first-order valence-electron chi connectivity index (χ1n) is 7.24. The molecule has 3 rings (SSSR count). The van der Waals surface area contributed by atoms with Gasteiger partial charge in [-0.15, -0.1) is 0 Å². The fourth-order valence-corrected chi connectivity index (χ4v) is 3.31. The molecule has 0 fully saturated rings. The van der Waals surface area contributed by atoms with Crippen molar-refractivity contribution in [3.8, 4) is 28.1 Å². The highest BCUT2D eigenvalue weighted by Gasteiger charge is 2.18. The van der Waals surface area contributed by atoms with E-state index in [1.807, 2.05) is 6.07 Å². The maximum atomic E-state index is 11.4. The highest BCUT2D eigenvalue weighted by Crippen LogP contribution is 2.37. The van der Waals surface area contributed by atoms with E-state index >= 15 is 0 Å². The maximum Gasteiger partial charge on any atom is 0.238 e. The van der Waals surface area contributed by atoms with Crippen molar-refractivity contribution in [2.75, 3.05) is 7.11 Å². The van der Waals surface area contributed by atoms with Gasteiger partial charge in [-0.25, -0.2) is 13.6 Å². The maximum absolute atomic E-state index is 11.4. The third-order valence-corrected chi connectivity index (χ3v) is 4.98. The van der Waals surface area contributed by atoms with Crippen LogP contribution in [0.1, 0.15) is 5.76 Å². The Bertz CT molecular complexity index is 1030. The zero-order valence-corrected chi connectivity index (χ0v) is 15.1. The average Bonchev–Trinajstić information content (AvgIpc) is 2.95. The zero-order valence-electron chi connectivity index (χ0n) is 13.5. The van der Waals surface area contributed by atoms with Crippen molar-refractivity contribution in [1.82, 2.24) is 5.16 Å². The Kier molecular flexibility index (Phi) is 4.55. The van der Waals surface area contributed by atoms with Gasteiger partial charge in [0.25, 0.3) is 0 Å². The number of aryl methyl sites for hydroxylation is 1. The summed E-state index contributed by atoms with van der Waals surface area (Å²) in [5, 5.41) is 9.70. The smallest absolute Gasteiger partial charge is 0.238 e. The number of methoxy groups -OCH3 is 1. The number of benzene rings is 2. The van der Waals surface area contributed by atoms with Crippen molar-refractivity contribution in [2.45, 2.75) is 11.8 Å². The molecule has 2 N–H and O–H groups in total. The predicted octanol–water partition coefficient (Wildman–Crippen LogP) is 3.63. The Morgan fingerprint density at radius 3 is 2.32 bits per heavy atom. The molecule has 1 aromatic heterocycles. The van der Waals surface area contributed by atoms with E-state index in [1.54, 1.807) is 38.3 Å². The molecule has 130 valence electrons. The summed E-state index contributed by atoms with van der Waals surface area (Å²) in [6, 6.07) is 11.5. The first-order valence-corrected chi connectivity index (χ1v) is 9.17. The zero-order chi connectivity index (χ0) is 18.2. The van der Waals surface area contributed by atoms with Crippen molar-refractivity contribution in [2.24, 2.45) is 5.14 Å². The summed E-state index contributed by atoms with van der Waals surface area (Å²) in [7, 11) is -2.20. The lowest BCUT2D eigenvalue weighted by Gasteiger charge is -2.07.